The molecule has 2 rings (SSSR count). The van der Waals surface area contributed by atoms with Crippen molar-refractivity contribution in [2.24, 2.45) is 4.99 Å². The zero-order valence-corrected chi connectivity index (χ0v) is 20.7. The van der Waals surface area contributed by atoms with E-state index in [0.717, 1.165) is 44.0 Å². The quantitative estimate of drug-likeness (QED) is 0.181. The zero-order chi connectivity index (χ0) is 20.2. The van der Waals surface area contributed by atoms with Crippen molar-refractivity contribution < 1.29 is 4.79 Å². The number of carbonyl (C=O) groups is 1. The second kappa shape index (κ2) is 14.4. The summed E-state index contributed by atoms with van der Waals surface area (Å²) in [6.07, 6.45) is 2.08. The van der Waals surface area contributed by atoms with E-state index in [4.69, 9.17) is 0 Å². The second-order valence-corrected chi connectivity index (χ2v) is 7.62. The molecular weight excluding hydrogens is 495 g/mol. The predicted molar refractivity (Wildman–Crippen MR) is 135 cm³/mol. The van der Waals surface area contributed by atoms with Crippen LogP contribution in [0.3, 0.4) is 0 Å². The fraction of sp³-hybridized carbons (Fsp3) is 0.455. The Morgan fingerprint density at radius 3 is 2.48 bits per heavy atom. The number of carbonyl (C=O) groups excluding carboxylic acids is 1. The van der Waals surface area contributed by atoms with Crippen LogP contribution in [0.25, 0.3) is 0 Å². The van der Waals surface area contributed by atoms with E-state index < -0.39 is 0 Å². The molecule has 7 heteroatoms. The van der Waals surface area contributed by atoms with Crippen molar-refractivity contribution in [3.05, 3.63) is 57.8 Å². The molecule has 0 saturated carbocycles. The molecule has 0 bridgehead atoms. The van der Waals surface area contributed by atoms with Gasteiger partial charge in [-0.2, -0.15) is 11.3 Å². The average Bonchev–Trinajstić information content (AvgIpc) is 3.25. The van der Waals surface area contributed by atoms with Crippen LogP contribution in [0, 0.1) is 0 Å². The van der Waals surface area contributed by atoms with E-state index in [1.165, 1.54) is 5.56 Å². The highest BCUT2D eigenvalue weighted by atomic mass is 127. The topological polar surface area (TPSA) is 65.5 Å². The van der Waals surface area contributed by atoms with Gasteiger partial charge in [0.1, 0.15) is 0 Å². The lowest BCUT2D eigenvalue weighted by Crippen LogP contribution is -2.39. The van der Waals surface area contributed by atoms with E-state index in [-0.39, 0.29) is 29.9 Å². The number of nitrogens with zero attached hydrogens (tertiary/aromatic N) is 1. The van der Waals surface area contributed by atoms with Gasteiger partial charge in [-0.15, -0.1) is 24.0 Å². The van der Waals surface area contributed by atoms with E-state index in [1.54, 1.807) is 11.3 Å². The molecule has 0 spiro atoms. The molecule has 160 valence electrons. The molecule has 1 aromatic carbocycles. The molecule has 0 aliphatic rings. The first-order valence-electron chi connectivity index (χ1n) is 10.1. The highest BCUT2D eigenvalue weighted by Crippen LogP contribution is 2.17. The van der Waals surface area contributed by atoms with Crippen LogP contribution < -0.4 is 16.0 Å². The highest BCUT2D eigenvalue weighted by Gasteiger charge is 2.07. The van der Waals surface area contributed by atoms with Gasteiger partial charge in [0.25, 0.3) is 5.91 Å². The van der Waals surface area contributed by atoms with Gasteiger partial charge in [-0.1, -0.05) is 32.4 Å². The van der Waals surface area contributed by atoms with E-state index in [9.17, 15) is 4.79 Å². The number of amides is 1. The first-order valence-corrected chi connectivity index (χ1v) is 11.0. The number of aliphatic imine (C=N–C) groups is 1. The third-order valence-electron chi connectivity index (χ3n) is 4.48. The number of thiophene rings is 1. The summed E-state index contributed by atoms with van der Waals surface area (Å²) in [7, 11) is 0. The smallest absolute Gasteiger partial charge is 0.251 e. The summed E-state index contributed by atoms with van der Waals surface area (Å²) in [4.78, 5) is 16.7. The Morgan fingerprint density at radius 2 is 1.86 bits per heavy atom. The maximum absolute atomic E-state index is 12.1. The molecule has 0 fully saturated rings. The van der Waals surface area contributed by atoms with Crippen LogP contribution in [0.15, 0.2) is 46.1 Å². The van der Waals surface area contributed by atoms with Crippen molar-refractivity contribution in [2.45, 2.75) is 46.1 Å². The van der Waals surface area contributed by atoms with Crippen molar-refractivity contribution in [1.82, 2.24) is 16.0 Å². The highest BCUT2D eigenvalue weighted by molar-refractivity contribution is 14.0. The summed E-state index contributed by atoms with van der Waals surface area (Å²) in [5.74, 6) is 1.23. The first-order chi connectivity index (χ1) is 13.6. The Hall–Kier alpha value is -1.61. The van der Waals surface area contributed by atoms with Gasteiger partial charge in [-0.3, -0.25) is 4.79 Å². The van der Waals surface area contributed by atoms with Gasteiger partial charge < -0.3 is 16.0 Å². The number of rotatable bonds is 10. The summed E-state index contributed by atoms with van der Waals surface area (Å²) >= 11 is 1.73. The maximum atomic E-state index is 12.1. The van der Waals surface area contributed by atoms with Crippen molar-refractivity contribution in [1.29, 1.82) is 0 Å². The number of hydrogen-bond donors (Lipinski definition) is 3. The lowest BCUT2D eigenvalue weighted by atomic mass is 10.1. The Bertz CT molecular complexity index is 732. The Balaban J connectivity index is 0.00000420. The van der Waals surface area contributed by atoms with Crippen LogP contribution in [0.1, 0.15) is 61.0 Å². The van der Waals surface area contributed by atoms with Gasteiger partial charge in [0.2, 0.25) is 0 Å². The molecule has 3 N–H and O–H groups in total. The van der Waals surface area contributed by atoms with Crippen molar-refractivity contribution in [2.75, 3.05) is 19.6 Å². The molecule has 1 aromatic heterocycles. The predicted octanol–water partition coefficient (Wildman–Crippen LogP) is 4.75. The Labute approximate surface area is 195 Å². The van der Waals surface area contributed by atoms with Gasteiger partial charge >= 0.3 is 0 Å². The maximum Gasteiger partial charge on any atom is 0.251 e. The summed E-state index contributed by atoms with van der Waals surface area (Å²) in [6, 6.07) is 9.84. The fourth-order valence-corrected chi connectivity index (χ4v) is 3.46. The number of hydrogen-bond acceptors (Lipinski definition) is 3. The van der Waals surface area contributed by atoms with Gasteiger partial charge in [-0.25, -0.2) is 4.99 Å². The summed E-state index contributed by atoms with van der Waals surface area (Å²) in [6.45, 7) is 9.33. The van der Waals surface area contributed by atoms with Gasteiger partial charge in [-0.05, 0) is 59.3 Å². The van der Waals surface area contributed by atoms with Crippen LogP contribution in [0.2, 0.25) is 0 Å². The van der Waals surface area contributed by atoms with E-state index in [1.807, 2.05) is 24.3 Å². The van der Waals surface area contributed by atoms with E-state index in [2.05, 4.69) is 58.5 Å². The number of guanidine groups is 1. The molecule has 0 aliphatic heterocycles. The molecule has 0 saturated heterocycles. The fourth-order valence-electron chi connectivity index (χ4n) is 2.68. The van der Waals surface area contributed by atoms with Gasteiger partial charge in [0.15, 0.2) is 5.96 Å². The standard InChI is InChI=1S/C22H32N4OS.HI/c1-4-6-12-24-21(27)19-9-7-18(8-10-19)15-26-22(23-5-2)25-14-17(3)20-11-13-28-16-20;/h7-11,13,16-17H,4-6,12,14-15H2,1-3H3,(H,24,27)(H2,23,25,26);1H. The Kier molecular flexibility index (Phi) is 12.6. The molecule has 1 atom stereocenters. The second-order valence-electron chi connectivity index (χ2n) is 6.84. The van der Waals surface area contributed by atoms with Crippen LogP contribution in [0.5, 0.6) is 0 Å². The third kappa shape index (κ3) is 9.16. The van der Waals surface area contributed by atoms with Gasteiger partial charge in [0, 0.05) is 25.2 Å². The molecule has 0 radical (unpaired) electrons. The number of benzene rings is 1. The average molecular weight is 529 g/mol. The molecule has 1 unspecified atom stereocenters. The lowest BCUT2D eigenvalue weighted by molar-refractivity contribution is 0.0953. The zero-order valence-electron chi connectivity index (χ0n) is 17.5. The number of nitrogens with one attached hydrogen (secondary N) is 3. The normalized spacial score (nSPS) is 12.0. The third-order valence-corrected chi connectivity index (χ3v) is 5.19. The molecule has 1 heterocycles. The molecule has 1 amide bonds. The monoisotopic (exact) mass is 528 g/mol. The molecule has 5 nitrogen and oxygen atoms in total. The number of unbranched alkanes of at least 4 members (excludes halogenated alkanes) is 1. The van der Waals surface area contributed by atoms with E-state index >= 15 is 0 Å². The van der Waals surface area contributed by atoms with Crippen LogP contribution in [-0.4, -0.2) is 31.5 Å². The Morgan fingerprint density at radius 1 is 1.10 bits per heavy atom. The van der Waals surface area contributed by atoms with Crippen molar-refractivity contribution >= 4 is 47.2 Å². The molecule has 2 aromatic rings. The summed E-state index contributed by atoms with van der Waals surface area (Å²) < 4.78 is 0. The lowest BCUT2D eigenvalue weighted by Gasteiger charge is -2.15. The largest absolute Gasteiger partial charge is 0.357 e. The summed E-state index contributed by atoms with van der Waals surface area (Å²) in [5, 5.41) is 13.9. The van der Waals surface area contributed by atoms with Crippen LogP contribution >= 0.6 is 35.3 Å². The molecule has 29 heavy (non-hydrogen) atoms. The molecular formula is C22H33IN4OS. The van der Waals surface area contributed by atoms with Crippen LogP contribution in [-0.2, 0) is 6.54 Å². The minimum Gasteiger partial charge on any atom is -0.357 e. The number of halogens is 1. The van der Waals surface area contributed by atoms with Crippen molar-refractivity contribution in [3.8, 4) is 0 Å². The summed E-state index contributed by atoms with van der Waals surface area (Å²) in [5.41, 5.74) is 3.12. The first kappa shape index (κ1) is 25.4. The SMILES string of the molecule is CCCCNC(=O)c1ccc(CN=C(NCC)NCC(C)c2ccsc2)cc1.I. The van der Waals surface area contributed by atoms with E-state index in [0.29, 0.717) is 18.0 Å². The van der Waals surface area contributed by atoms with Crippen molar-refractivity contribution in [3.63, 3.8) is 0 Å². The van der Waals surface area contributed by atoms with Crippen LogP contribution in [0.4, 0.5) is 0 Å². The van der Waals surface area contributed by atoms with Gasteiger partial charge in [0.05, 0.1) is 6.54 Å². The minimum absolute atomic E-state index is 0. The minimum atomic E-state index is -0.0130. The molecule has 0 aliphatic carbocycles.